The minimum atomic E-state index is -4.39. The predicted molar refractivity (Wildman–Crippen MR) is 67.7 cm³/mol. The second kappa shape index (κ2) is 5.93. The van der Waals surface area contributed by atoms with Crippen molar-refractivity contribution in [2.24, 2.45) is 0 Å². The van der Waals surface area contributed by atoms with Crippen LogP contribution in [0.5, 0.6) is 0 Å². The molecule has 1 aromatic carbocycles. The number of rotatable bonds is 3. The summed E-state index contributed by atoms with van der Waals surface area (Å²) in [6, 6.07) is 3.20. The zero-order chi connectivity index (χ0) is 14.8. The molecule has 1 atom stereocenters. The van der Waals surface area contributed by atoms with E-state index in [1.165, 1.54) is 13.0 Å². The highest BCUT2D eigenvalue weighted by Gasteiger charge is 2.31. The van der Waals surface area contributed by atoms with Crippen LogP contribution in [0.15, 0.2) is 18.2 Å². The molecule has 0 aliphatic carbocycles. The number of carbonyl (C=O) groups excluding carboxylic acids is 1. The molecule has 110 valence electrons. The number of morpholine rings is 1. The number of hydrogen-bond acceptors (Lipinski definition) is 3. The Labute approximate surface area is 115 Å². The molecule has 0 spiro atoms. The quantitative estimate of drug-likeness (QED) is 0.868. The maximum atomic E-state index is 12.6. The Bertz CT molecular complexity index is 494. The molecular weight excluding hydrogens is 271 g/mol. The number of benzene rings is 1. The van der Waals surface area contributed by atoms with E-state index in [-0.39, 0.29) is 18.3 Å². The molecular formula is C14H16F3NO2. The van der Waals surface area contributed by atoms with E-state index in [0.29, 0.717) is 24.3 Å². The van der Waals surface area contributed by atoms with E-state index in [0.717, 1.165) is 18.7 Å². The highest BCUT2D eigenvalue weighted by molar-refractivity contribution is 5.97. The lowest BCUT2D eigenvalue weighted by atomic mass is 9.98. The van der Waals surface area contributed by atoms with Gasteiger partial charge in [-0.1, -0.05) is 6.07 Å². The van der Waals surface area contributed by atoms with Crippen LogP contribution in [-0.2, 0) is 10.9 Å². The molecule has 1 aromatic rings. The molecule has 1 aliphatic rings. The number of halogens is 3. The van der Waals surface area contributed by atoms with Crippen LogP contribution in [0.1, 0.15) is 27.9 Å². The van der Waals surface area contributed by atoms with Crippen LogP contribution < -0.4 is 5.32 Å². The first-order valence-corrected chi connectivity index (χ1v) is 6.41. The molecule has 0 saturated carbocycles. The Morgan fingerprint density at radius 1 is 1.45 bits per heavy atom. The maximum Gasteiger partial charge on any atom is 0.416 e. The van der Waals surface area contributed by atoms with Gasteiger partial charge in [0.1, 0.15) is 0 Å². The molecule has 0 radical (unpaired) electrons. The van der Waals surface area contributed by atoms with Gasteiger partial charge in [-0.2, -0.15) is 13.2 Å². The van der Waals surface area contributed by atoms with Gasteiger partial charge in [0.25, 0.3) is 0 Å². The number of nitrogens with one attached hydrogen (secondary N) is 1. The van der Waals surface area contributed by atoms with Crippen LogP contribution in [0, 0.1) is 6.92 Å². The lowest BCUT2D eigenvalue weighted by Gasteiger charge is -2.23. The minimum absolute atomic E-state index is 0.180. The average Bonchev–Trinajstić information content (AvgIpc) is 2.38. The molecule has 2 rings (SSSR count). The number of Topliss-reactive ketones (excluding diaryl/α,β-unsaturated/α-hetero) is 1. The molecule has 0 amide bonds. The number of hydrogen-bond donors (Lipinski definition) is 1. The number of carbonyl (C=O) groups is 1. The largest absolute Gasteiger partial charge is 0.416 e. The van der Waals surface area contributed by atoms with Gasteiger partial charge in [-0.15, -0.1) is 0 Å². The van der Waals surface area contributed by atoms with E-state index >= 15 is 0 Å². The van der Waals surface area contributed by atoms with E-state index in [4.69, 9.17) is 4.74 Å². The van der Waals surface area contributed by atoms with Gasteiger partial charge in [0.15, 0.2) is 5.78 Å². The summed E-state index contributed by atoms with van der Waals surface area (Å²) in [7, 11) is 0. The van der Waals surface area contributed by atoms with Gasteiger partial charge in [0.05, 0.1) is 18.3 Å². The van der Waals surface area contributed by atoms with Gasteiger partial charge in [0.2, 0.25) is 0 Å². The van der Waals surface area contributed by atoms with Crippen LogP contribution in [0.2, 0.25) is 0 Å². The summed E-state index contributed by atoms with van der Waals surface area (Å²) in [4.78, 5) is 12.1. The maximum absolute atomic E-state index is 12.6. The Balaban J connectivity index is 2.10. The molecule has 1 N–H and O–H groups in total. The zero-order valence-corrected chi connectivity index (χ0v) is 11.1. The molecule has 1 unspecified atom stereocenters. The summed E-state index contributed by atoms with van der Waals surface area (Å²) in [5.74, 6) is -0.190. The molecule has 20 heavy (non-hydrogen) atoms. The lowest BCUT2D eigenvalue weighted by molar-refractivity contribution is -0.137. The lowest BCUT2D eigenvalue weighted by Crippen LogP contribution is -2.39. The molecule has 1 heterocycles. The predicted octanol–water partition coefficient (Wildman–Crippen LogP) is 2.58. The van der Waals surface area contributed by atoms with Crippen LogP contribution in [0.3, 0.4) is 0 Å². The van der Waals surface area contributed by atoms with Gasteiger partial charge in [0, 0.05) is 25.1 Å². The van der Waals surface area contributed by atoms with Crippen molar-refractivity contribution in [3.63, 3.8) is 0 Å². The van der Waals surface area contributed by atoms with Crippen molar-refractivity contribution in [2.75, 3.05) is 19.7 Å². The Morgan fingerprint density at radius 3 is 2.75 bits per heavy atom. The Morgan fingerprint density at radius 2 is 2.20 bits per heavy atom. The summed E-state index contributed by atoms with van der Waals surface area (Å²) in [5.41, 5.74) is -0.0668. The summed E-state index contributed by atoms with van der Waals surface area (Å²) in [5, 5.41) is 3.11. The summed E-state index contributed by atoms with van der Waals surface area (Å²) < 4.78 is 43.1. The van der Waals surface area contributed by atoms with Crippen molar-refractivity contribution in [3.8, 4) is 0 Å². The Hall–Kier alpha value is -1.40. The highest BCUT2D eigenvalue weighted by atomic mass is 19.4. The van der Waals surface area contributed by atoms with Crippen molar-refractivity contribution in [2.45, 2.75) is 25.6 Å². The van der Waals surface area contributed by atoms with Gasteiger partial charge in [-0.3, -0.25) is 4.79 Å². The zero-order valence-electron chi connectivity index (χ0n) is 11.1. The monoisotopic (exact) mass is 287 g/mol. The second-order valence-electron chi connectivity index (χ2n) is 4.85. The fourth-order valence-corrected chi connectivity index (χ4v) is 2.22. The third-order valence-corrected chi connectivity index (χ3v) is 3.27. The van der Waals surface area contributed by atoms with Crippen LogP contribution in [-0.4, -0.2) is 31.6 Å². The first-order valence-electron chi connectivity index (χ1n) is 6.41. The summed E-state index contributed by atoms with van der Waals surface area (Å²) in [6.07, 6.45) is -4.42. The number of ether oxygens (including phenoxy) is 1. The SMILES string of the molecule is Cc1cc(C(F)(F)F)ccc1C(=O)CC1CNCCO1. The van der Waals surface area contributed by atoms with Gasteiger partial charge >= 0.3 is 6.18 Å². The average molecular weight is 287 g/mol. The van der Waals surface area contributed by atoms with E-state index in [2.05, 4.69) is 5.32 Å². The minimum Gasteiger partial charge on any atom is -0.375 e. The van der Waals surface area contributed by atoms with Crippen molar-refractivity contribution in [1.29, 1.82) is 0 Å². The number of ketones is 1. The van der Waals surface area contributed by atoms with E-state index < -0.39 is 11.7 Å². The van der Waals surface area contributed by atoms with Gasteiger partial charge in [-0.05, 0) is 24.6 Å². The van der Waals surface area contributed by atoms with Crippen LogP contribution in [0.4, 0.5) is 13.2 Å². The standard InChI is InChI=1S/C14H16F3NO2/c1-9-6-10(14(15,16)17)2-3-12(9)13(19)7-11-8-18-4-5-20-11/h2-3,6,11,18H,4-5,7-8H2,1H3. The molecule has 1 fully saturated rings. The Kier molecular flexibility index (Phi) is 4.45. The van der Waals surface area contributed by atoms with Crippen molar-refractivity contribution < 1.29 is 22.7 Å². The summed E-state index contributed by atoms with van der Waals surface area (Å²) in [6.45, 7) is 3.40. The van der Waals surface area contributed by atoms with Gasteiger partial charge in [-0.25, -0.2) is 0 Å². The smallest absolute Gasteiger partial charge is 0.375 e. The normalized spacial score (nSPS) is 19.9. The van der Waals surface area contributed by atoms with Crippen LogP contribution in [0.25, 0.3) is 0 Å². The van der Waals surface area contributed by atoms with Crippen molar-refractivity contribution >= 4 is 5.78 Å². The number of alkyl halides is 3. The fourth-order valence-electron chi connectivity index (χ4n) is 2.22. The molecule has 1 saturated heterocycles. The van der Waals surface area contributed by atoms with Crippen molar-refractivity contribution in [3.05, 3.63) is 34.9 Å². The molecule has 0 bridgehead atoms. The second-order valence-corrected chi connectivity index (χ2v) is 4.85. The highest BCUT2D eigenvalue weighted by Crippen LogP contribution is 2.30. The molecule has 0 aromatic heterocycles. The third-order valence-electron chi connectivity index (χ3n) is 3.27. The molecule has 6 heteroatoms. The van der Waals surface area contributed by atoms with Crippen molar-refractivity contribution in [1.82, 2.24) is 5.32 Å². The molecule has 1 aliphatic heterocycles. The van der Waals surface area contributed by atoms with E-state index in [1.54, 1.807) is 0 Å². The fraction of sp³-hybridized carbons (Fsp3) is 0.500. The first-order chi connectivity index (χ1) is 9.38. The van der Waals surface area contributed by atoms with E-state index in [1.807, 2.05) is 0 Å². The first kappa shape index (κ1) is 15.0. The van der Waals surface area contributed by atoms with Crippen LogP contribution >= 0.6 is 0 Å². The number of aryl methyl sites for hydroxylation is 1. The molecule has 3 nitrogen and oxygen atoms in total. The topological polar surface area (TPSA) is 38.3 Å². The summed E-state index contributed by atoms with van der Waals surface area (Å²) >= 11 is 0. The van der Waals surface area contributed by atoms with E-state index in [9.17, 15) is 18.0 Å². The van der Waals surface area contributed by atoms with Gasteiger partial charge < -0.3 is 10.1 Å². The third kappa shape index (κ3) is 3.58.